The number of fused-ring (bicyclic) bond motifs is 1. The second-order valence-corrected chi connectivity index (χ2v) is 2.89. The van der Waals surface area contributed by atoms with E-state index < -0.39 is 0 Å². The van der Waals surface area contributed by atoms with Crippen molar-refractivity contribution in [3.05, 3.63) is 30.3 Å². The number of hydrogen-bond donors (Lipinski definition) is 1. The van der Waals surface area contributed by atoms with Crippen molar-refractivity contribution < 1.29 is 4.79 Å². The van der Waals surface area contributed by atoms with E-state index >= 15 is 0 Å². The number of nitrogens with zero attached hydrogens (tertiary/aromatic N) is 1. The molecule has 0 atom stereocenters. The Hall–Kier alpha value is -1.77. The number of aromatic amines is 1. The molecule has 1 aromatic heterocycles. The van der Waals surface area contributed by atoms with Gasteiger partial charge in [0.1, 0.15) is 5.82 Å². The minimum absolute atomic E-state index is 0.760. The average Bonchev–Trinajstić information content (AvgIpc) is 2.59. The average molecular weight is 173 g/mol. The zero-order valence-corrected chi connectivity index (χ0v) is 7.24. The minimum Gasteiger partial charge on any atom is -0.341 e. The van der Waals surface area contributed by atoms with E-state index in [1.165, 1.54) is 4.90 Å². The molecule has 0 saturated heterocycles. The molecule has 1 aromatic carbocycles. The van der Waals surface area contributed by atoms with Crippen LogP contribution in [-0.2, 0) is 4.79 Å². The van der Waals surface area contributed by atoms with Crippen LogP contribution in [0.15, 0.2) is 30.3 Å². The van der Waals surface area contributed by atoms with Gasteiger partial charge >= 0.3 is 6.41 Å². The Labute approximate surface area is 76.0 Å². The first-order valence-electron chi connectivity index (χ1n) is 4.00. The molecule has 0 aliphatic heterocycles. The number of nitrogens with one attached hydrogen (secondary N) is 1. The van der Waals surface area contributed by atoms with Crippen molar-refractivity contribution in [2.75, 3.05) is 11.9 Å². The SMILES string of the molecule is CN([C]=O)c1cc2ccccc2[nH]1. The van der Waals surface area contributed by atoms with Gasteiger partial charge in [0.2, 0.25) is 0 Å². The first-order chi connectivity index (χ1) is 6.31. The van der Waals surface area contributed by atoms with Crippen LogP contribution in [-0.4, -0.2) is 18.4 Å². The lowest BCUT2D eigenvalue weighted by molar-refractivity contribution is 0.554. The molecule has 0 aliphatic carbocycles. The van der Waals surface area contributed by atoms with Gasteiger partial charge in [0.05, 0.1) is 0 Å². The molecular weight excluding hydrogens is 164 g/mol. The third-order valence-electron chi connectivity index (χ3n) is 2.01. The summed E-state index contributed by atoms with van der Waals surface area (Å²) in [6.45, 7) is 0. The fourth-order valence-electron chi connectivity index (χ4n) is 1.29. The number of carbonyl (C=O) groups excluding carboxylic acids is 1. The van der Waals surface area contributed by atoms with Crippen LogP contribution in [0.25, 0.3) is 10.9 Å². The fraction of sp³-hybridized carbons (Fsp3) is 0.100. The normalized spacial score (nSPS) is 10.2. The number of amides is 1. The summed E-state index contributed by atoms with van der Waals surface area (Å²) in [6, 6.07) is 9.80. The van der Waals surface area contributed by atoms with Crippen molar-refractivity contribution >= 4 is 23.1 Å². The highest BCUT2D eigenvalue weighted by molar-refractivity contribution is 5.87. The monoisotopic (exact) mass is 173 g/mol. The summed E-state index contributed by atoms with van der Waals surface area (Å²) in [5, 5.41) is 1.10. The number of anilines is 1. The van der Waals surface area contributed by atoms with E-state index in [0.29, 0.717) is 0 Å². The Morgan fingerprint density at radius 3 is 2.85 bits per heavy atom. The van der Waals surface area contributed by atoms with Gasteiger partial charge in [-0.1, -0.05) is 18.2 Å². The van der Waals surface area contributed by atoms with Gasteiger partial charge < -0.3 is 4.98 Å². The van der Waals surface area contributed by atoms with Gasteiger partial charge in [0, 0.05) is 18.0 Å². The number of rotatable bonds is 2. The van der Waals surface area contributed by atoms with Crippen LogP contribution < -0.4 is 4.90 Å². The molecule has 0 bridgehead atoms. The highest BCUT2D eigenvalue weighted by atomic mass is 16.1. The van der Waals surface area contributed by atoms with Gasteiger partial charge in [0.25, 0.3) is 0 Å². The van der Waals surface area contributed by atoms with Crippen molar-refractivity contribution in [1.82, 2.24) is 4.98 Å². The number of aromatic nitrogens is 1. The smallest absolute Gasteiger partial charge is 0.317 e. The first kappa shape index (κ1) is 7.86. The van der Waals surface area contributed by atoms with Crippen LogP contribution in [0.2, 0.25) is 0 Å². The topological polar surface area (TPSA) is 36.1 Å². The van der Waals surface area contributed by atoms with E-state index in [1.54, 1.807) is 13.5 Å². The maximum atomic E-state index is 10.4. The van der Waals surface area contributed by atoms with E-state index in [2.05, 4.69) is 4.98 Å². The molecule has 65 valence electrons. The summed E-state index contributed by atoms with van der Waals surface area (Å²) in [6.07, 6.45) is 1.79. The molecule has 3 nitrogen and oxygen atoms in total. The van der Waals surface area contributed by atoms with Gasteiger partial charge in [-0.15, -0.1) is 0 Å². The molecule has 1 amide bonds. The summed E-state index contributed by atoms with van der Waals surface area (Å²) in [5.74, 6) is 0.760. The molecular formula is C10H9N2O. The lowest BCUT2D eigenvalue weighted by atomic mass is 10.2. The predicted octanol–water partition coefficient (Wildman–Crippen LogP) is 1.67. The highest BCUT2D eigenvalue weighted by Gasteiger charge is 2.03. The van der Waals surface area contributed by atoms with E-state index in [4.69, 9.17) is 0 Å². The largest absolute Gasteiger partial charge is 0.341 e. The van der Waals surface area contributed by atoms with Crippen molar-refractivity contribution in [1.29, 1.82) is 0 Å². The van der Waals surface area contributed by atoms with Gasteiger partial charge in [-0.2, -0.15) is 0 Å². The van der Waals surface area contributed by atoms with E-state index in [1.807, 2.05) is 30.3 Å². The summed E-state index contributed by atoms with van der Waals surface area (Å²) in [7, 11) is 1.66. The van der Waals surface area contributed by atoms with Gasteiger partial charge in [0.15, 0.2) is 0 Å². The van der Waals surface area contributed by atoms with Crippen molar-refractivity contribution in [2.24, 2.45) is 0 Å². The third-order valence-corrected chi connectivity index (χ3v) is 2.01. The number of benzene rings is 1. The Morgan fingerprint density at radius 1 is 1.38 bits per heavy atom. The Balaban J connectivity index is 2.55. The van der Waals surface area contributed by atoms with E-state index in [0.717, 1.165) is 16.7 Å². The standard InChI is InChI=1S/C10H9N2O/c1-12(7-13)10-6-8-4-2-3-5-9(8)11-10/h2-6,11H,1H3. The molecule has 0 saturated carbocycles. The van der Waals surface area contributed by atoms with Gasteiger partial charge in [-0.25, -0.2) is 0 Å². The summed E-state index contributed by atoms with van der Waals surface area (Å²) < 4.78 is 0. The van der Waals surface area contributed by atoms with Gasteiger partial charge in [-0.05, 0) is 12.1 Å². The molecule has 0 spiro atoms. The molecule has 0 aliphatic rings. The molecule has 1 N–H and O–H groups in total. The van der Waals surface area contributed by atoms with E-state index in [9.17, 15) is 4.79 Å². The lowest BCUT2D eigenvalue weighted by Crippen LogP contribution is -2.13. The van der Waals surface area contributed by atoms with Crippen molar-refractivity contribution in [3.8, 4) is 0 Å². The second-order valence-electron chi connectivity index (χ2n) is 2.89. The van der Waals surface area contributed by atoms with Gasteiger partial charge in [-0.3, -0.25) is 9.69 Å². The van der Waals surface area contributed by atoms with Crippen LogP contribution in [0.1, 0.15) is 0 Å². The predicted molar refractivity (Wildman–Crippen MR) is 52.4 cm³/mol. The zero-order valence-electron chi connectivity index (χ0n) is 7.24. The van der Waals surface area contributed by atoms with Crippen LogP contribution in [0.4, 0.5) is 5.82 Å². The quantitative estimate of drug-likeness (QED) is 0.689. The van der Waals surface area contributed by atoms with Crippen LogP contribution >= 0.6 is 0 Å². The number of para-hydroxylation sites is 1. The Bertz CT molecular complexity index is 400. The molecule has 13 heavy (non-hydrogen) atoms. The fourth-order valence-corrected chi connectivity index (χ4v) is 1.29. The Morgan fingerprint density at radius 2 is 2.15 bits per heavy atom. The Kier molecular flexibility index (Phi) is 1.77. The first-order valence-corrected chi connectivity index (χ1v) is 4.00. The van der Waals surface area contributed by atoms with Crippen LogP contribution in [0.3, 0.4) is 0 Å². The van der Waals surface area contributed by atoms with Crippen molar-refractivity contribution in [3.63, 3.8) is 0 Å². The minimum atomic E-state index is 0.760. The molecule has 1 heterocycles. The summed E-state index contributed by atoms with van der Waals surface area (Å²) in [4.78, 5) is 14.9. The molecule has 1 radical (unpaired) electrons. The highest BCUT2D eigenvalue weighted by Crippen LogP contribution is 2.19. The lowest BCUT2D eigenvalue weighted by Gasteiger charge is -2.03. The summed E-state index contributed by atoms with van der Waals surface area (Å²) in [5.41, 5.74) is 1.03. The summed E-state index contributed by atoms with van der Waals surface area (Å²) >= 11 is 0. The van der Waals surface area contributed by atoms with Crippen molar-refractivity contribution in [2.45, 2.75) is 0 Å². The maximum absolute atomic E-state index is 10.4. The molecule has 0 unspecified atom stereocenters. The molecule has 3 heteroatoms. The molecule has 2 rings (SSSR count). The van der Waals surface area contributed by atoms with E-state index in [-0.39, 0.29) is 0 Å². The number of hydrogen-bond acceptors (Lipinski definition) is 1. The molecule has 2 aromatic rings. The second kappa shape index (κ2) is 2.94. The maximum Gasteiger partial charge on any atom is 0.317 e. The van der Waals surface area contributed by atoms with Crippen LogP contribution in [0.5, 0.6) is 0 Å². The molecule has 0 fully saturated rings. The zero-order chi connectivity index (χ0) is 9.26. The third kappa shape index (κ3) is 1.28. The van der Waals surface area contributed by atoms with Crippen LogP contribution in [0, 0.1) is 0 Å². The number of H-pyrrole nitrogens is 1.